The molecule has 1 amide bonds. The zero-order valence-electron chi connectivity index (χ0n) is 13.1. The molecule has 3 nitrogen and oxygen atoms in total. The van der Waals surface area contributed by atoms with Gasteiger partial charge in [-0.05, 0) is 48.8 Å². The van der Waals surface area contributed by atoms with Crippen molar-refractivity contribution in [2.24, 2.45) is 11.7 Å². The number of fused-ring (bicyclic) bond motifs is 1. The zero-order valence-corrected chi connectivity index (χ0v) is 13.1. The van der Waals surface area contributed by atoms with Gasteiger partial charge in [-0.25, -0.2) is 0 Å². The molecule has 114 valence electrons. The van der Waals surface area contributed by atoms with Crippen molar-refractivity contribution in [3.63, 3.8) is 0 Å². The Morgan fingerprint density at radius 2 is 2.00 bits per heavy atom. The first-order valence-corrected chi connectivity index (χ1v) is 8.35. The number of carbonyl (C=O) groups excluding carboxylic acids is 1. The maximum atomic E-state index is 11.9. The molecule has 0 aromatic heterocycles. The first-order chi connectivity index (χ1) is 10.1. The van der Waals surface area contributed by atoms with E-state index in [2.05, 4.69) is 24.4 Å². The van der Waals surface area contributed by atoms with Crippen molar-refractivity contribution >= 4 is 11.6 Å². The van der Waals surface area contributed by atoms with Gasteiger partial charge in [-0.1, -0.05) is 38.3 Å². The fourth-order valence-electron chi connectivity index (χ4n) is 3.86. The van der Waals surface area contributed by atoms with Crippen LogP contribution in [0.15, 0.2) is 12.1 Å². The smallest absolute Gasteiger partial charge is 0.231 e. The molecule has 2 aliphatic rings. The number of nitrogens with two attached hydrogens (primary N) is 1. The van der Waals surface area contributed by atoms with Crippen LogP contribution in [0.5, 0.6) is 0 Å². The maximum Gasteiger partial charge on any atom is 0.231 e. The lowest BCUT2D eigenvalue weighted by Gasteiger charge is -2.28. The third kappa shape index (κ3) is 2.59. The Morgan fingerprint density at radius 1 is 1.29 bits per heavy atom. The van der Waals surface area contributed by atoms with Gasteiger partial charge in [0, 0.05) is 11.7 Å². The molecule has 3 rings (SSSR count). The van der Waals surface area contributed by atoms with Crippen LogP contribution in [0.3, 0.4) is 0 Å². The minimum Gasteiger partial charge on any atom is -0.325 e. The monoisotopic (exact) mass is 286 g/mol. The molecule has 0 saturated heterocycles. The number of aryl methyl sites for hydroxylation is 1. The van der Waals surface area contributed by atoms with Gasteiger partial charge in [-0.2, -0.15) is 0 Å². The van der Waals surface area contributed by atoms with Crippen LogP contribution in [0.4, 0.5) is 5.69 Å². The Labute approximate surface area is 127 Å². The average Bonchev–Trinajstić information content (AvgIpc) is 2.82. The topological polar surface area (TPSA) is 55.1 Å². The molecule has 3 N–H and O–H groups in total. The van der Waals surface area contributed by atoms with Gasteiger partial charge >= 0.3 is 0 Å². The summed E-state index contributed by atoms with van der Waals surface area (Å²) in [4.78, 5) is 11.9. The summed E-state index contributed by atoms with van der Waals surface area (Å²) < 4.78 is 0. The van der Waals surface area contributed by atoms with E-state index in [1.54, 1.807) is 0 Å². The summed E-state index contributed by atoms with van der Waals surface area (Å²) in [5, 5.41) is 3.03. The highest BCUT2D eigenvalue weighted by atomic mass is 16.2. The third-order valence-electron chi connectivity index (χ3n) is 5.30. The minimum absolute atomic E-state index is 0.0520. The number of carbonyl (C=O) groups is 1. The van der Waals surface area contributed by atoms with Gasteiger partial charge in [0.2, 0.25) is 5.91 Å². The van der Waals surface area contributed by atoms with Gasteiger partial charge in [-0.3, -0.25) is 4.79 Å². The zero-order chi connectivity index (χ0) is 15.0. The minimum atomic E-state index is -0.0520. The highest BCUT2D eigenvalue weighted by Gasteiger charge is 2.30. The standard InChI is InChI=1S/C18H26N2O/c1-3-12-9-14(16(19)13-7-5-4-6-8-13)10-15-11(2)18(21)20-17(12)15/h9-11,13,16H,3-8,19H2,1-2H3,(H,20,21). The van der Waals surface area contributed by atoms with Crippen molar-refractivity contribution < 1.29 is 4.79 Å². The molecule has 0 radical (unpaired) electrons. The Hall–Kier alpha value is -1.35. The summed E-state index contributed by atoms with van der Waals surface area (Å²) in [7, 11) is 0. The fourth-order valence-corrected chi connectivity index (χ4v) is 3.86. The summed E-state index contributed by atoms with van der Waals surface area (Å²) in [5.41, 5.74) is 11.2. The van der Waals surface area contributed by atoms with Gasteiger partial charge in [0.1, 0.15) is 0 Å². The highest BCUT2D eigenvalue weighted by molar-refractivity contribution is 6.03. The van der Waals surface area contributed by atoms with Crippen molar-refractivity contribution in [3.8, 4) is 0 Å². The van der Waals surface area contributed by atoms with E-state index < -0.39 is 0 Å². The largest absolute Gasteiger partial charge is 0.325 e. The van der Waals surface area contributed by atoms with E-state index in [0.717, 1.165) is 17.7 Å². The second-order valence-electron chi connectivity index (χ2n) is 6.63. The van der Waals surface area contributed by atoms with E-state index in [1.807, 2.05) is 6.92 Å². The molecule has 21 heavy (non-hydrogen) atoms. The summed E-state index contributed by atoms with van der Waals surface area (Å²) in [6.45, 7) is 4.12. The van der Waals surface area contributed by atoms with Crippen LogP contribution in [-0.2, 0) is 11.2 Å². The van der Waals surface area contributed by atoms with E-state index in [9.17, 15) is 4.79 Å². The molecule has 0 bridgehead atoms. The summed E-state index contributed by atoms with van der Waals surface area (Å²) in [6.07, 6.45) is 7.38. The molecule has 1 heterocycles. The van der Waals surface area contributed by atoms with Crippen LogP contribution in [0.25, 0.3) is 0 Å². The Bertz CT molecular complexity index is 546. The number of amides is 1. The number of hydrogen-bond donors (Lipinski definition) is 2. The number of benzene rings is 1. The molecule has 1 aliphatic carbocycles. The number of nitrogens with one attached hydrogen (secondary N) is 1. The van der Waals surface area contributed by atoms with Gasteiger partial charge in [0.15, 0.2) is 0 Å². The lowest BCUT2D eigenvalue weighted by molar-refractivity contribution is -0.116. The second kappa shape index (κ2) is 5.80. The molecule has 1 saturated carbocycles. The molecule has 1 fully saturated rings. The van der Waals surface area contributed by atoms with Gasteiger partial charge in [0.05, 0.1) is 5.92 Å². The number of hydrogen-bond acceptors (Lipinski definition) is 2. The Morgan fingerprint density at radius 3 is 2.67 bits per heavy atom. The van der Waals surface area contributed by atoms with Crippen LogP contribution >= 0.6 is 0 Å². The molecule has 2 atom stereocenters. The van der Waals surface area contributed by atoms with Crippen LogP contribution in [0.1, 0.15) is 74.6 Å². The Balaban J connectivity index is 1.94. The van der Waals surface area contributed by atoms with Gasteiger partial charge in [0.25, 0.3) is 0 Å². The normalized spacial score (nSPS) is 23.8. The lowest BCUT2D eigenvalue weighted by Crippen LogP contribution is -2.23. The molecule has 3 heteroatoms. The fraction of sp³-hybridized carbons (Fsp3) is 0.611. The number of rotatable bonds is 3. The second-order valence-corrected chi connectivity index (χ2v) is 6.63. The predicted octanol–water partition coefficient (Wildman–Crippen LogP) is 3.88. The molecule has 0 spiro atoms. The predicted molar refractivity (Wildman–Crippen MR) is 86.4 cm³/mol. The molecule has 1 aromatic rings. The van der Waals surface area contributed by atoms with Crippen LogP contribution in [0, 0.1) is 5.92 Å². The van der Waals surface area contributed by atoms with Crippen molar-refractivity contribution in [1.29, 1.82) is 0 Å². The van der Waals surface area contributed by atoms with Crippen molar-refractivity contribution in [3.05, 3.63) is 28.8 Å². The lowest BCUT2D eigenvalue weighted by atomic mass is 9.80. The van der Waals surface area contributed by atoms with Crippen molar-refractivity contribution in [2.75, 3.05) is 5.32 Å². The Kier molecular flexibility index (Phi) is 4.03. The quantitative estimate of drug-likeness (QED) is 0.885. The number of anilines is 1. The van der Waals surface area contributed by atoms with Crippen LogP contribution in [-0.4, -0.2) is 5.91 Å². The first kappa shape index (κ1) is 14.6. The molecular weight excluding hydrogens is 260 g/mol. The molecule has 1 aromatic carbocycles. The van der Waals surface area contributed by atoms with Gasteiger partial charge in [-0.15, -0.1) is 0 Å². The highest BCUT2D eigenvalue weighted by Crippen LogP contribution is 2.40. The molecule has 1 aliphatic heterocycles. The van der Waals surface area contributed by atoms with E-state index in [0.29, 0.717) is 5.92 Å². The third-order valence-corrected chi connectivity index (χ3v) is 5.30. The maximum absolute atomic E-state index is 11.9. The van der Waals surface area contributed by atoms with E-state index in [4.69, 9.17) is 5.73 Å². The van der Waals surface area contributed by atoms with Crippen molar-refractivity contribution in [2.45, 2.75) is 64.3 Å². The molecule has 2 unspecified atom stereocenters. The first-order valence-electron chi connectivity index (χ1n) is 8.35. The summed E-state index contributed by atoms with van der Waals surface area (Å²) in [6, 6.07) is 4.51. The van der Waals surface area contributed by atoms with E-state index >= 15 is 0 Å². The van der Waals surface area contributed by atoms with Crippen LogP contribution < -0.4 is 11.1 Å². The average molecular weight is 286 g/mol. The summed E-state index contributed by atoms with van der Waals surface area (Å²) in [5.74, 6) is 0.661. The SMILES string of the molecule is CCc1cc(C(N)C2CCCCC2)cc2c1NC(=O)C2C. The van der Waals surface area contributed by atoms with E-state index in [-0.39, 0.29) is 17.9 Å². The van der Waals surface area contributed by atoms with Gasteiger partial charge < -0.3 is 11.1 Å². The van der Waals surface area contributed by atoms with E-state index in [1.165, 1.54) is 43.2 Å². The van der Waals surface area contributed by atoms with Crippen molar-refractivity contribution in [1.82, 2.24) is 0 Å². The molecular formula is C18H26N2O. The van der Waals surface area contributed by atoms with Crippen LogP contribution in [0.2, 0.25) is 0 Å². The summed E-state index contributed by atoms with van der Waals surface area (Å²) >= 11 is 0.